The molecule has 0 radical (unpaired) electrons. The number of thiophene rings is 1. The van der Waals surface area contributed by atoms with E-state index in [1.165, 1.54) is 5.56 Å². The second-order valence-corrected chi connectivity index (χ2v) is 4.49. The largest absolute Gasteiger partial charge is 0.383 e. The van der Waals surface area contributed by atoms with Crippen molar-refractivity contribution in [3.8, 4) is 0 Å². The van der Waals surface area contributed by atoms with E-state index in [-0.39, 0.29) is 0 Å². The van der Waals surface area contributed by atoms with Crippen LogP contribution in [0.2, 0.25) is 0 Å². The first kappa shape index (κ1) is 10.4. The number of aliphatic hydroxyl groups excluding tert-OH is 1. The Labute approximate surface area is 94.0 Å². The van der Waals surface area contributed by atoms with Crippen LogP contribution >= 0.6 is 11.3 Å². The van der Waals surface area contributed by atoms with Gasteiger partial charge in [-0.1, -0.05) is 37.3 Å². The van der Waals surface area contributed by atoms with Gasteiger partial charge in [0.05, 0.1) is 0 Å². The molecule has 0 saturated heterocycles. The van der Waals surface area contributed by atoms with E-state index in [9.17, 15) is 5.11 Å². The van der Waals surface area contributed by atoms with Crippen molar-refractivity contribution in [3.05, 3.63) is 57.8 Å². The summed E-state index contributed by atoms with van der Waals surface area (Å²) in [6.45, 7) is 2.13. The van der Waals surface area contributed by atoms with Gasteiger partial charge in [0.15, 0.2) is 0 Å². The Morgan fingerprint density at radius 3 is 2.47 bits per heavy atom. The first-order chi connectivity index (χ1) is 7.31. The number of hydrogen-bond donors (Lipinski definition) is 1. The molecule has 0 bridgehead atoms. The minimum absolute atomic E-state index is 0.476. The zero-order valence-electron chi connectivity index (χ0n) is 8.68. The molecule has 0 spiro atoms. The summed E-state index contributed by atoms with van der Waals surface area (Å²) in [5.74, 6) is 0. The van der Waals surface area contributed by atoms with Crippen LogP contribution in [0.25, 0.3) is 0 Å². The normalized spacial score (nSPS) is 12.7. The molecule has 0 aliphatic carbocycles. The van der Waals surface area contributed by atoms with Crippen molar-refractivity contribution in [2.45, 2.75) is 19.4 Å². The average molecular weight is 218 g/mol. The average Bonchev–Trinajstić information content (AvgIpc) is 2.82. The van der Waals surface area contributed by atoms with E-state index in [1.807, 2.05) is 29.6 Å². The van der Waals surface area contributed by atoms with Gasteiger partial charge in [0.25, 0.3) is 0 Å². The lowest BCUT2D eigenvalue weighted by Crippen LogP contribution is -1.96. The summed E-state index contributed by atoms with van der Waals surface area (Å²) in [7, 11) is 0. The molecule has 0 saturated carbocycles. The van der Waals surface area contributed by atoms with Crippen LogP contribution in [0.1, 0.15) is 29.0 Å². The quantitative estimate of drug-likeness (QED) is 0.837. The maximum absolute atomic E-state index is 10.1. The van der Waals surface area contributed by atoms with Crippen LogP contribution in [0.15, 0.2) is 41.8 Å². The second kappa shape index (κ2) is 4.60. The summed E-state index contributed by atoms with van der Waals surface area (Å²) in [4.78, 5) is 0.999. The molecule has 0 aliphatic rings. The molecule has 15 heavy (non-hydrogen) atoms. The van der Waals surface area contributed by atoms with Crippen molar-refractivity contribution in [2.75, 3.05) is 0 Å². The van der Waals surface area contributed by atoms with Gasteiger partial charge in [-0.25, -0.2) is 0 Å². The lowest BCUT2D eigenvalue weighted by Gasteiger charge is -2.09. The summed E-state index contributed by atoms with van der Waals surface area (Å²) < 4.78 is 0. The van der Waals surface area contributed by atoms with Gasteiger partial charge in [0.1, 0.15) is 6.10 Å². The number of rotatable bonds is 3. The molecule has 1 heterocycles. The molecule has 2 aromatic rings. The fourth-order valence-corrected chi connectivity index (χ4v) is 2.28. The molecule has 0 aliphatic heterocycles. The number of hydrogen-bond acceptors (Lipinski definition) is 2. The molecule has 2 heteroatoms. The van der Waals surface area contributed by atoms with Crippen LogP contribution in [0.5, 0.6) is 0 Å². The summed E-state index contributed by atoms with van der Waals surface area (Å²) in [5.41, 5.74) is 2.27. The third-order valence-electron chi connectivity index (χ3n) is 2.52. The molecule has 0 unspecified atom stereocenters. The van der Waals surface area contributed by atoms with Crippen LogP contribution in [0.3, 0.4) is 0 Å². The molecule has 1 nitrogen and oxygen atoms in total. The summed E-state index contributed by atoms with van der Waals surface area (Å²) in [6, 6.07) is 12.1. The van der Waals surface area contributed by atoms with Crippen LogP contribution in [0, 0.1) is 0 Å². The Kier molecular flexibility index (Phi) is 3.19. The lowest BCUT2D eigenvalue weighted by atomic mass is 10.0. The Morgan fingerprint density at radius 1 is 1.20 bits per heavy atom. The highest BCUT2D eigenvalue weighted by Crippen LogP contribution is 2.25. The van der Waals surface area contributed by atoms with E-state index in [0.29, 0.717) is 0 Å². The molecule has 2 rings (SSSR count). The zero-order valence-corrected chi connectivity index (χ0v) is 9.50. The Hall–Kier alpha value is -1.12. The van der Waals surface area contributed by atoms with Gasteiger partial charge in [-0.05, 0) is 29.0 Å². The van der Waals surface area contributed by atoms with Gasteiger partial charge in [0.2, 0.25) is 0 Å². The SMILES string of the molecule is CCc1ccc([C@H](O)c2cccs2)cc1. The predicted octanol–water partition coefficient (Wildman–Crippen LogP) is 3.39. The van der Waals surface area contributed by atoms with Crippen LogP contribution in [-0.2, 0) is 6.42 Å². The Morgan fingerprint density at radius 2 is 1.93 bits per heavy atom. The van der Waals surface area contributed by atoms with E-state index in [2.05, 4.69) is 19.1 Å². The molecule has 0 fully saturated rings. The van der Waals surface area contributed by atoms with Crippen molar-refractivity contribution < 1.29 is 5.11 Å². The van der Waals surface area contributed by atoms with Gasteiger partial charge >= 0.3 is 0 Å². The minimum Gasteiger partial charge on any atom is -0.383 e. The Bertz CT molecular complexity index is 403. The molecule has 78 valence electrons. The molecule has 0 amide bonds. The monoisotopic (exact) mass is 218 g/mol. The summed E-state index contributed by atoms with van der Waals surface area (Å²) in [5, 5.41) is 12.0. The molecule has 1 aromatic heterocycles. The Balaban J connectivity index is 2.22. The number of benzene rings is 1. The van der Waals surface area contributed by atoms with E-state index in [1.54, 1.807) is 11.3 Å². The van der Waals surface area contributed by atoms with E-state index in [4.69, 9.17) is 0 Å². The molecule has 1 atom stereocenters. The van der Waals surface area contributed by atoms with Gasteiger partial charge < -0.3 is 5.11 Å². The van der Waals surface area contributed by atoms with Gasteiger partial charge in [-0.3, -0.25) is 0 Å². The summed E-state index contributed by atoms with van der Waals surface area (Å²) >= 11 is 1.59. The van der Waals surface area contributed by atoms with Crippen LogP contribution < -0.4 is 0 Å². The summed E-state index contributed by atoms with van der Waals surface area (Å²) in [6.07, 6.45) is 0.561. The third-order valence-corrected chi connectivity index (χ3v) is 3.44. The molecule has 1 N–H and O–H groups in total. The van der Waals surface area contributed by atoms with Crippen molar-refractivity contribution >= 4 is 11.3 Å². The number of aliphatic hydroxyl groups is 1. The van der Waals surface area contributed by atoms with Crippen molar-refractivity contribution in [1.29, 1.82) is 0 Å². The van der Waals surface area contributed by atoms with E-state index in [0.717, 1.165) is 16.9 Å². The van der Waals surface area contributed by atoms with Gasteiger partial charge in [-0.2, -0.15) is 0 Å². The highest BCUT2D eigenvalue weighted by molar-refractivity contribution is 7.10. The maximum Gasteiger partial charge on any atom is 0.113 e. The van der Waals surface area contributed by atoms with E-state index < -0.39 is 6.10 Å². The maximum atomic E-state index is 10.1. The smallest absolute Gasteiger partial charge is 0.113 e. The number of aryl methyl sites for hydroxylation is 1. The first-order valence-electron chi connectivity index (χ1n) is 5.11. The van der Waals surface area contributed by atoms with Gasteiger partial charge in [0, 0.05) is 4.88 Å². The lowest BCUT2D eigenvalue weighted by molar-refractivity contribution is 0.224. The highest BCUT2D eigenvalue weighted by Gasteiger charge is 2.10. The topological polar surface area (TPSA) is 20.2 Å². The van der Waals surface area contributed by atoms with Crippen molar-refractivity contribution in [2.24, 2.45) is 0 Å². The highest BCUT2D eigenvalue weighted by atomic mass is 32.1. The molecular weight excluding hydrogens is 204 g/mol. The van der Waals surface area contributed by atoms with Crippen LogP contribution in [-0.4, -0.2) is 5.11 Å². The minimum atomic E-state index is -0.476. The molecular formula is C13H14OS. The third kappa shape index (κ3) is 2.28. The van der Waals surface area contributed by atoms with Crippen molar-refractivity contribution in [3.63, 3.8) is 0 Å². The molecule has 1 aromatic carbocycles. The first-order valence-corrected chi connectivity index (χ1v) is 5.99. The zero-order chi connectivity index (χ0) is 10.7. The predicted molar refractivity (Wildman–Crippen MR) is 64.2 cm³/mol. The standard InChI is InChI=1S/C13H14OS/c1-2-10-5-7-11(8-6-10)13(14)12-4-3-9-15-12/h3-9,13-14H,2H2,1H3/t13-/m0/s1. The van der Waals surface area contributed by atoms with Crippen LogP contribution in [0.4, 0.5) is 0 Å². The van der Waals surface area contributed by atoms with E-state index >= 15 is 0 Å². The second-order valence-electron chi connectivity index (χ2n) is 3.51. The fourth-order valence-electron chi connectivity index (χ4n) is 1.55. The van der Waals surface area contributed by atoms with Gasteiger partial charge in [-0.15, -0.1) is 11.3 Å². The fraction of sp³-hybridized carbons (Fsp3) is 0.231. The van der Waals surface area contributed by atoms with Crippen molar-refractivity contribution in [1.82, 2.24) is 0 Å².